The Morgan fingerprint density at radius 1 is 1.28 bits per heavy atom. The van der Waals surface area contributed by atoms with E-state index in [1.54, 1.807) is 0 Å². The van der Waals surface area contributed by atoms with Crippen molar-refractivity contribution in [1.82, 2.24) is 0 Å². The van der Waals surface area contributed by atoms with Crippen LogP contribution in [0.1, 0.15) is 23.2 Å². The zero-order valence-electron chi connectivity index (χ0n) is 9.63. The first-order valence-electron chi connectivity index (χ1n) is 5.63. The van der Waals surface area contributed by atoms with Gasteiger partial charge in [-0.1, -0.05) is 0 Å². The summed E-state index contributed by atoms with van der Waals surface area (Å²) in [4.78, 5) is 11.7. The molecule has 1 aromatic carbocycles. The quantitative estimate of drug-likeness (QED) is 0.767. The Hall–Kier alpha value is -1.43. The molecule has 1 aliphatic heterocycles. The first kappa shape index (κ1) is 13.0. The highest BCUT2D eigenvalue weighted by Gasteiger charge is 2.27. The van der Waals surface area contributed by atoms with Crippen LogP contribution in [-0.2, 0) is 14.6 Å². The second kappa shape index (κ2) is 5.06. The van der Waals surface area contributed by atoms with Crippen LogP contribution in [0.3, 0.4) is 0 Å². The molecule has 0 spiro atoms. The van der Waals surface area contributed by atoms with Crippen molar-refractivity contribution in [2.24, 2.45) is 0 Å². The van der Waals surface area contributed by atoms with E-state index >= 15 is 0 Å². The molecule has 2 rings (SSSR count). The lowest BCUT2D eigenvalue weighted by Gasteiger charge is -2.22. The van der Waals surface area contributed by atoms with E-state index in [4.69, 9.17) is 4.74 Å². The number of benzene rings is 1. The average Bonchev–Trinajstić information content (AvgIpc) is 2.28. The van der Waals surface area contributed by atoms with Crippen LogP contribution in [0.2, 0.25) is 0 Å². The summed E-state index contributed by atoms with van der Waals surface area (Å²) in [5.41, 5.74) is 0.222. The molecule has 0 amide bonds. The summed E-state index contributed by atoms with van der Waals surface area (Å²) in [5.74, 6) is -1.03. The maximum atomic E-state index is 12.7. The minimum Gasteiger partial charge on any atom is -0.458 e. The van der Waals surface area contributed by atoms with Crippen LogP contribution in [-0.4, -0.2) is 32.0 Å². The number of carbonyl (C=O) groups is 1. The van der Waals surface area contributed by atoms with Crippen molar-refractivity contribution in [3.05, 3.63) is 35.6 Å². The molecule has 98 valence electrons. The van der Waals surface area contributed by atoms with E-state index in [2.05, 4.69) is 0 Å². The number of halogens is 1. The number of sulfone groups is 1. The predicted octanol–water partition coefficient (Wildman–Crippen LogP) is 1.56. The van der Waals surface area contributed by atoms with Gasteiger partial charge < -0.3 is 4.74 Å². The molecular weight excluding hydrogens is 259 g/mol. The smallest absolute Gasteiger partial charge is 0.338 e. The molecule has 0 aromatic heterocycles. The van der Waals surface area contributed by atoms with Crippen molar-refractivity contribution in [3.63, 3.8) is 0 Å². The Bertz CT molecular complexity index is 536. The Balaban J connectivity index is 2.01. The van der Waals surface area contributed by atoms with Crippen LogP contribution in [0, 0.1) is 5.82 Å². The van der Waals surface area contributed by atoms with E-state index in [-0.39, 0.29) is 17.1 Å². The van der Waals surface area contributed by atoms with Crippen LogP contribution >= 0.6 is 0 Å². The van der Waals surface area contributed by atoms with Gasteiger partial charge in [0.15, 0.2) is 9.84 Å². The number of hydrogen-bond acceptors (Lipinski definition) is 4. The Morgan fingerprint density at radius 2 is 1.94 bits per heavy atom. The van der Waals surface area contributed by atoms with E-state index in [1.165, 1.54) is 12.1 Å². The molecule has 6 heteroatoms. The minimum atomic E-state index is -3.10. The molecule has 1 aromatic rings. The molecule has 1 fully saturated rings. The van der Waals surface area contributed by atoms with Crippen LogP contribution in [0.25, 0.3) is 0 Å². The molecule has 0 radical (unpaired) electrons. The standard InChI is InChI=1S/C12H13FO4S/c13-10-5-3-9(4-6-10)12(14)17-11-2-1-7-18(15,16)8-11/h3-6,11H,1-2,7-8H2. The van der Waals surface area contributed by atoms with Crippen molar-refractivity contribution < 1.29 is 22.3 Å². The summed E-state index contributed by atoms with van der Waals surface area (Å²) in [6.45, 7) is 0. The van der Waals surface area contributed by atoms with E-state index in [0.29, 0.717) is 12.8 Å². The van der Waals surface area contributed by atoms with Gasteiger partial charge in [0.05, 0.1) is 17.1 Å². The molecule has 18 heavy (non-hydrogen) atoms. The first-order chi connectivity index (χ1) is 8.46. The van der Waals surface area contributed by atoms with E-state index < -0.39 is 27.7 Å². The fourth-order valence-electron chi connectivity index (χ4n) is 1.88. The molecule has 1 aliphatic rings. The lowest BCUT2D eigenvalue weighted by molar-refractivity contribution is 0.0323. The third-order valence-electron chi connectivity index (χ3n) is 2.77. The molecule has 1 atom stereocenters. The van der Waals surface area contributed by atoms with Crippen molar-refractivity contribution in [3.8, 4) is 0 Å². The van der Waals surface area contributed by atoms with Crippen LogP contribution in [0.5, 0.6) is 0 Å². The summed E-state index contributed by atoms with van der Waals surface area (Å²) in [5, 5.41) is 0. The number of ether oxygens (including phenoxy) is 1. The SMILES string of the molecule is O=C(OC1CCCS(=O)(=O)C1)c1ccc(F)cc1. The maximum absolute atomic E-state index is 12.7. The molecule has 1 heterocycles. The molecule has 0 aliphatic carbocycles. The van der Waals surface area contributed by atoms with Gasteiger partial charge in [0.1, 0.15) is 11.9 Å². The number of hydrogen-bond donors (Lipinski definition) is 0. The van der Waals surface area contributed by atoms with Gasteiger partial charge >= 0.3 is 5.97 Å². The van der Waals surface area contributed by atoms with Gasteiger partial charge in [0, 0.05) is 0 Å². The summed E-state index contributed by atoms with van der Waals surface area (Å²) < 4.78 is 40.6. The van der Waals surface area contributed by atoms with Gasteiger partial charge in [-0.25, -0.2) is 17.6 Å². The van der Waals surface area contributed by atoms with Crippen molar-refractivity contribution >= 4 is 15.8 Å². The second-order valence-corrected chi connectivity index (χ2v) is 6.52. The molecule has 0 saturated carbocycles. The fourth-order valence-corrected chi connectivity index (χ4v) is 3.45. The van der Waals surface area contributed by atoms with Gasteiger partial charge in [0.2, 0.25) is 0 Å². The topological polar surface area (TPSA) is 60.4 Å². The number of rotatable bonds is 2. The van der Waals surface area contributed by atoms with Crippen LogP contribution in [0.4, 0.5) is 4.39 Å². The Morgan fingerprint density at radius 3 is 2.56 bits per heavy atom. The molecule has 1 unspecified atom stereocenters. The van der Waals surface area contributed by atoms with E-state index in [1.807, 2.05) is 0 Å². The third kappa shape index (κ3) is 3.29. The Labute approximate surface area is 105 Å². The second-order valence-electron chi connectivity index (χ2n) is 4.29. The number of carbonyl (C=O) groups excluding carboxylic acids is 1. The zero-order valence-corrected chi connectivity index (χ0v) is 10.5. The van der Waals surface area contributed by atoms with Crippen molar-refractivity contribution in [1.29, 1.82) is 0 Å². The molecular formula is C12H13FO4S. The van der Waals surface area contributed by atoms with E-state index in [0.717, 1.165) is 12.1 Å². The summed E-state index contributed by atoms with van der Waals surface area (Å²) >= 11 is 0. The monoisotopic (exact) mass is 272 g/mol. The highest BCUT2D eigenvalue weighted by atomic mass is 32.2. The van der Waals surface area contributed by atoms with Crippen LogP contribution in [0.15, 0.2) is 24.3 Å². The van der Waals surface area contributed by atoms with Crippen LogP contribution < -0.4 is 0 Å². The summed E-state index contributed by atoms with van der Waals surface area (Å²) in [6.07, 6.45) is 0.455. The molecule has 1 saturated heterocycles. The lowest BCUT2D eigenvalue weighted by atomic mass is 10.2. The normalized spacial score (nSPS) is 22.4. The largest absolute Gasteiger partial charge is 0.458 e. The average molecular weight is 272 g/mol. The molecule has 4 nitrogen and oxygen atoms in total. The van der Waals surface area contributed by atoms with Crippen molar-refractivity contribution in [2.45, 2.75) is 18.9 Å². The maximum Gasteiger partial charge on any atom is 0.338 e. The van der Waals surface area contributed by atoms with Gasteiger partial charge in [0.25, 0.3) is 0 Å². The highest BCUT2D eigenvalue weighted by Crippen LogP contribution is 2.17. The van der Waals surface area contributed by atoms with E-state index in [9.17, 15) is 17.6 Å². The van der Waals surface area contributed by atoms with Gasteiger partial charge in [-0.2, -0.15) is 0 Å². The number of esters is 1. The van der Waals surface area contributed by atoms with Crippen molar-refractivity contribution in [2.75, 3.05) is 11.5 Å². The highest BCUT2D eigenvalue weighted by molar-refractivity contribution is 7.91. The molecule has 0 bridgehead atoms. The first-order valence-corrected chi connectivity index (χ1v) is 7.45. The minimum absolute atomic E-state index is 0.125. The summed E-state index contributed by atoms with van der Waals surface area (Å²) in [6, 6.07) is 4.95. The zero-order chi connectivity index (χ0) is 13.2. The third-order valence-corrected chi connectivity index (χ3v) is 4.57. The summed E-state index contributed by atoms with van der Waals surface area (Å²) in [7, 11) is -3.10. The van der Waals surface area contributed by atoms with Gasteiger partial charge in [-0.15, -0.1) is 0 Å². The predicted molar refractivity (Wildman–Crippen MR) is 63.5 cm³/mol. The Kier molecular flexibility index (Phi) is 3.65. The van der Waals surface area contributed by atoms with Gasteiger partial charge in [-0.3, -0.25) is 0 Å². The molecule has 0 N–H and O–H groups in total. The lowest BCUT2D eigenvalue weighted by Crippen LogP contribution is -2.33. The fraction of sp³-hybridized carbons (Fsp3) is 0.417. The van der Waals surface area contributed by atoms with Gasteiger partial charge in [-0.05, 0) is 37.1 Å².